The van der Waals surface area contributed by atoms with Crippen molar-refractivity contribution in [2.24, 2.45) is 0 Å². The molecule has 0 nitrogen and oxygen atoms in total. The maximum absolute atomic E-state index is 3.21. The molecule has 0 fully saturated rings. The predicted molar refractivity (Wildman–Crippen MR) is 59.0 cm³/mol. The summed E-state index contributed by atoms with van der Waals surface area (Å²) >= 11 is 4.59. The van der Waals surface area contributed by atoms with Crippen LogP contribution in [-0.2, 0) is 42.1 Å². The number of rotatable bonds is 0. The number of benzene rings is 1. The summed E-state index contributed by atoms with van der Waals surface area (Å²) in [7, 11) is 0. The first-order valence-electron chi connectivity index (χ1n) is 2.88. The standard InChI is InChI=1S/C8H6I2.2W/c1-5-3-7(9)6(2)8(10)4-5;;/h1-2H3;;/q-2;;. The second-order valence-electron chi connectivity index (χ2n) is 2.13. The van der Waals surface area contributed by atoms with E-state index in [1.807, 2.05) is 6.92 Å². The van der Waals surface area contributed by atoms with Gasteiger partial charge in [-0.3, -0.25) is 11.1 Å². The molecule has 0 aliphatic rings. The second kappa shape index (κ2) is 7.36. The van der Waals surface area contributed by atoms with Gasteiger partial charge in [0.15, 0.2) is 0 Å². The summed E-state index contributed by atoms with van der Waals surface area (Å²) in [6.45, 7) is 4.11. The molecule has 0 amide bonds. The predicted octanol–water partition coefficient (Wildman–Crippen LogP) is 3.11. The van der Waals surface area contributed by atoms with E-state index in [0.717, 1.165) is 5.56 Å². The Kier molecular flexibility index (Phi) is 10.1. The van der Waals surface area contributed by atoms with E-state index in [0.29, 0.717) is 0 Å². The molecule has 1 rings (SSSR count). The Morgan fingerprint density at radius 3 is 1.58 bits per heavy atom. The van der Waals surface area contributed by atoms with Crippen molar-refractivity contribution in [2.75, 3.05) is 0 Å². The van der Waals surface area contributed by atoms with Crippen LogP contribution >= 0.6 is 45.2 Å². The Bertz CT molecular complexity index is 238. The molecule has 0 saturated carbocycles. The van der Waals surface area contributed by atoms with Gasteiger partial charge in [-0.15, -0.1) is 52.1 Å². The fraction of sp³-hybridized carbons (Fsp3) is 0.250. The van der Waals surface area contributed by atoms with Crippen molar-refractivity contribution < 1.29 is 42.1 Å². The van der Waals surface area contributed by atoms with Gasteiger partial charge in [-0.05, 0) is 0 Å². The third kappa shape index (κ3) is 4.52. The van der Waals surface area contributed by atoms with Crippen molar-refractivity contribution in [3.05, 3.63) is 30.4 Å². The smallest absolute Gasteiger partial charge is 0 e. The van der Waals surface area contributed by atoms with E-state index >= 15 is 0 Å². The maximum atomic E-state index is 3.21. The molecule has 0 atom stereocenters. The molecular formula is C8H6I2W2-2. The third-order valence-electron chi connectivity index (χ3n) is 1.25. The normalized spacial score (nSPS) is 8.33. The molecule has 0 spiro atoms. The second-order valence-corrected chi connectivity index (χ2v) is 4.29. The monoisotopic (exact) mass is 724 g/mol. The third-order valence-corrected chi connectivity index (χ3v) is 3.41. The van der Waals surface area contributed by atoms with Crippen LogP contribution in [0.25, 0.3) is 0 Å². The molecule has 0 N–H and O–H groups in total. The summed E-state index contributed by atoms with van der Waals surface area (Å²) in [5, 5.41) is 0. The number of aryl methyl sites for hydroxylation is 1. The van der Waals surface area contributed by atoms with Crippen LogP contribution in [0.15, 0.2) is 0 Å². The van der Waals surface area contributed by atoms with E-state index in [2.05, 4.69) is 64.2 Å². The van der Waals surface area contributed by atoms with Gasteiger partial charge >= 0.3 is 0 Å². The van der Waals surface area contributed by atoms with Crippen molar-refractivity contribution >= 4 is 45.2 Å². The quantitative estimate of drug-likeness (QED) is 0.286. The van der Waals surface area contributed by atoms with Crippen LogP contribution in [0.1, 0.15) is 11.1 Å². The largest absolute Gasteiger partial charge is 0.342 e. The van der Waals surface area contributed by atoms with Crippen LogP contribution < -0.4 is 0 Å². The first-order chi connectivity index (χ1) is 4.61. The number of hydrogen-bond donors (Lipinski definition) is 0. The molecule has 0 aliphatic carbocycles. The summed E-state index contributed by atoms with van der Waals surface area (Å²) in [4.78, 5) is 0. The van der Waals surface area contributed by atoms with Crippen LogP contribution in [0, 0.1) is 33.1 Å². The van der Waals surface area contributed by atoms with Crippen molar-refractivity contribution in [2.45, 2.75) is 13.8 Å². The van der Waals surface area contributed by atoms with Crippen LogP contribution in [0.3, 0.4) is 0 Å². The van der Waals surface area contributed by atoms with Crippen LogP contribution in [0.5, 0.6) is 0 Å². The van der Waals surface area contributed by atoms with E-state index in [1.165, 1.54) is 12.7 Å². The van der Waals surface area contributed by atoms with Gasteiger partial charge in [-0.2, -0.15) is 0 Å². The summed E-state index contributed by atoms with van der Waals surface area (Å²) < 4.78 is 2.41. The fourth-order valence-electron chi connectivity index (χ4n) is 0.644. The topological polar surface area (TPSA) is 0 Å². The van der Waals surface area contributed by atoms with E-state index in [1.54, 1.807) is 0 Å². The van der Waals surface area contributed by atoms with Crippen molar-refractivity contribution in [3.63, 3.8) is 0 Å². The Morgan fingerprint density at radius 1 is 0.917 bits per heavy atom. The van der Waals surface area contributed by atoms with Crippen molar-refractivity contribution in [3.8, 4) is 0 Å². The van der Waals surface area contributed by atoms with Crippen LogP contribution in [0.2, 0.25) is 0 Å². The van der Waals surface area contributed by atoms with Crippen molar-refractivity contribution in [1.82, 2.24) is 0 Å². The van der Waals surface area contributed by atoms with Gasteiger partial charge in [0.05, 0.1) is 0 Å². The molecule has 0 unspecified atom stereocenters. The summed E-state index contributed by atoms with van der Waals surface area (Å²) in [5.41, 5.74) is 2.38. The molecule has 0 heterocycles. The Balaban J connectivity index is 0. The van der Waals surface area contributed by atoms with Gasteiger partial charge in [0.2, 0.25) is 0 Å². The summed E-state index contributed by atoms with van der Waals surface area (Å²) in [6, 6.07) is 6.41. The first kappa shape index (κ1) is 16.5. The molecule has 12 heavy (non-hydrogen) atoms. The molecule has 0 saturated heterocycles. The average Bonchev–Trinajstić information content (AvgIpc) is 1.82. The Hall–Kier alpha value is 2.06. The molecule has 0 aromatic heterocycles. The van der Waals surface area contributed by atoms with Crippen molar-refractivity contribution in [1.29, 1.82) is 0 Å². The first-order valence-corrected chi connectivity index (χ1v) is 5.04. The maximum Gasteiger partial charge on any atom is 0 e. The fourth-order valence-corrected chi connectivity index (χ4v) is 2.51. The SMILES string of the molecule is Cc1[c-]c(I)c(C)c(I)[c-]1.[W].[W]. The van der Waals surface area contributed by atoms with E-state index in [4.69, 9.17) is 0 Å². The van der Waals surface area contributed by atoms with E-state index in [9.17, 15) is 0 Å². The zero-order chi connectivity index (χ0) is 7.72. The minimum Gasteiger partial charge on any atom is -0.342 e. The molecule has 0 bridgehead atoms. The van der Waals surface area contributed by atoms with Crippen LogP contribution in [0.4, 0.5) is 0 Å². The summed E-state index contributed by atoms with van der Waals surface area (Å²) in [6.07, 6.45) is 0. The van der Waals surface area contributed by atoms with E-state index in [-0.39, 0.29) is 42.1 Å². The van der Waals surface area contributed by atoms with E-state index < -0.39 is 0 Å². The van der Waals surface area contributed by atoms with Gasteiger partial charge < -0.3 is 12.1 Å². The molecule has 4 heteroatoms. The van der Waals surface area contributed by atoms with Gasteiger partial charge in [-0.1, -0.05) is 6.92 Å². The molecule has 1 aromatic carbocycles. The molecule has 1 aromatic rings. The minimum atomic E-state index is 0. The van der Waals surface area contributed by atoms with Gasteiger partial charge in [0, 0.05) is 42.1 Å². The average molecular weight is 724 g/mol. The van der Waals surface area contributed by atoms with Gasteiger partial charge in [0.1, 0.15) is 0 Å². The molecule has 0 radical (unpaired) electrons. The minimum absolute atomic E-state index is 0. The summed E-state index contributed by atoms with van der Waals surface area (Å²) in [5.74, 6) is 0. The molecule has 0 aliphatic heterocycles. The Labute approximate surface area is 129 Å². The zero-order valence-corrected chi connectivity index (χ0v) is 16.8. The zero-order valence-electron chi connectivity index (χ0n) is 6.57. The van der Waals surface area contributed by atoms with Gasteiger partial charge in [-0.25, -0.2) is 7.14 Å². The molecule has 66 valence electrons. The molecular weight excluding hydrogens is 718 g/mol. The number of hydrogen-bond acceptors (Lipinski definition) is 0. The number of halogens is 2. The van der Waals surface area contributed by atoms with Gasteiger partial charge in [0.25, 0.3) is 0 Å². The van der Waals surface area contributed by atoms with Crippen LogP contribution in [-0.4, -0.2) is 0 Å². The Morgan fingerprint density at radius 2 is 1.25 bits per heavy atom.